The predicted molar refractivity (Wildman–Crippen MR) is 74.5 cm³/mol. The van der Waals surface area contributed by atoms with Crippen molar-refractivity contribution in [3.05, 3.63) is 29.3 Å². The van der Waals surface area contributed by atoms with Gasteiger partial charge in [0.05, 0.1) is 25.9 Å². The van der Waals surface area contributed by atoms with E-state index in [0.717, 1.165) is 16.9 Å². The molecule has 1 heterocycles. The summed E-state index contributed by atoms with van der Waals surface area (Å²) in [6, 6.07) is 6.33. The van der Waals surface area contributed by atoms with E-state index in [1.165, 1.54) is 0 Å². The quantitative estimate of drug-likeness (QED) is 0.906. The van der Waals surface area contributed by atoms with E-state index in [0.29, 0.717) is 19.8 Å². The smallest absolute Gasteiger partial charge is 0.192 e. The van der Waals surface area contributed by atoms with Gasteiger partial charge in [0.15, 0.2) is 5.79 Å². The monoisotopic (exact) mass is 265 g/mol. The highest BCUT2D eigenvalue weighted by Gasteiger charge is 2.34. The third kappa shape index (κ3) is 3.08. The summed E-state index contributed by atoms with van der Waals surface area (Å²) in [6.07, 6.45) is 0. The maximum absolute atomic E-state index is 5.88. The lowest BCUT2D eigenvalue weighted by molar-refractivity contribution is -0.272. The van der Waals surface area contributed by atoms with Crippen LogP contribution in [0.1, 0.15) is 25.0 Å². The fraction of sp³-hybridized carbons (Fsp3) is 0.600. The molecule has 0 aliphatic carbocycles. The summed E-state index contributed by atoms with van der Waals surface area (Å²) in [7, 11) is 1.92. The molecule has 1 aliphatic rings. The molecule has 1 N–H and O–H groups in total. The lowest BCUT2D eigenvalue weighted by Gasteiger charge is -2.38. The Morgan fingerprint density at radius 1 is 1.37 bits per heavy atom. The maximum Gasteiger partial charge on any atom is 0.192 e. The molecule has 0 bridgehead atoms. The van der Waals surface area contributed by atoms with E-state index in [9.17, 15) is 0 Å². The molecule has 2 rings (SSSR count). The Hall–Kier alpha value is -1.10. The molecule has 0 unspecified atom stereocenters. The van der Waals surface area contributed by atoms with Crippen LogP contribution in [-0.4, -0.2) is 32.9 Å². The van der Waals surface area contributed by atoms with E-state index in [1.54, 1.807) is 0 Å². The van der Waals surface area contributed by atoms with Crippen molar-refractivity contribution in [2.24, 2.45) is 0 Å². The molecule has 0 atom stereocenters. The molecule has 19 heavy (non-hydrogen) atoms. The van der Waals surface area contributed by atoms with Crippen molar-refractivity contribution < 1.29 is 14.2 Å². The average Bonchev–Trinajstić information content (AvgIpc) is 2.42. The van der Waals surface area contributed by atoms with Gasteiger partial charge in [-0.15, -0.1) is 0 Å². The van der Waals surface area contributed by atoms with Gasteiger partial charge in [-0.25, -0.2) is 0 Å². The summed E-state index contributed by atoms with van der Waals surface area (Å²) in [5.74, 6) is 0.252. The number of likely N-dealkylation sites (N-methyl/N-ethyl adjacent to an activating group) is 1. The molecule has 0 radical (unpaired) electrons. The first kappa shape index (κ1) is 14.3. The molecule has 1 aromatic rings. The van der Waals surface area contributed by atoms with Crippen LogP contribution < -0.4 is 10.1 Å². The van der Waals surface area contributed by atoms with Gasteiger partial charge in [-0.05, 0) is 51.6 Å². The molecular weight excluding hydrogens is 242 g/mol. The molecule has 4 nitrogen and oxygen atoms in total. The van der Waals surface area contributed by atoms with Crippen LogP contribution in [0.2, 0.25) is 0 Å². The summed E-state index contributed by atoms with van der Waals surface area (Å²) in [4.78, 5) is 0. The van der Waals surface area contributed by atoms with Gasteiger partial charge in [-0.2, -0.15) is 0 Å². The predicted octanol–water partition coefficient (Wildman–Crippen LogP) is 2.20. The fourth-order valence-electron chi connectivity index (χ4n) is 2.19. The minimum atomic E-state index is -0.664. The average molecular weight is 265 g/mol. The van der Waals surface area contributed by atoms with E-state index < -0.39 is 5.79 Å². The molecule has 0 aromatic heterocycles. The van der Waals surface area contributed by atoms with Crippen LogP contribution in [0.5, 0.6) is 5.75 Å². The summed E-state index contributed by atoms with van der Waals surface area (Å²) in [5.41, 5.74) is 2.13. The molecule has 1 fully saturated rings. The van der Waals surface area contributed by atoms with Gasteiger partial charge in [0, 0.05) is 5.56 Å². The number of nitrogens with one attached hydrogen (secondary N) is 1. The highest BCUT2D eigenvalue weighted by molar-refractivity contribution is 5.37. The topological polar surface area (TPSA) is 39.7 Å². The van der Waals surface area contributed by atoms with Crippen molar-refractivity contribution in [2.45, 2.75) is 32.6 Å². The minimum Gasteiger partial charge on any atom is -0.494 e. The van der Waals surface area contributed by atoms with Crippen LogP contribution in [0.15, 0.2) is 18.2 Å². The zero-order valence-electron chi connectivity index (χ0n) is 12.2. The molecule has 4 heteroatoms. The van der Waals surface area contributed by atoms with Crippen molar-refractivity contribution >= 4 is 0 Å². The Labute approximate surface area is 115 Å². The van der Waals surface area contributed by atoms with Gasteiger partial charge in [-0.3, -0.25) is 0 Å². The van der Waals surface area contributed by atoms with E-state index >= 15 is 0 Å². The van der Waals surface area contributed by atoms with E-state index in [-0.39, 0.29) is 6.04 Å². The van der Waals surface area contributed by atoms with Crippen LogP contribution in [0.25, 0.3) is 0 Å². The summed E-state index contributed by atoms with van der Waals surface area (Å²) >= 11 is 0. The van der Waals surface area contributed by atoms with Gasteiger partial charge in [0.25, 0.3) is 0 Å². The number of rotatable bonds is 4. The molecular formula is C15H23NO3. The first-order valence-electron chi connectivity index (χ1n) is 6.78. The van der Waals surface area contributed by atoms with Gasteiger partial charge in [-0.1, -0.05) is 0 Å². The van der Waals surface area contributed by atoms with Crippen LogP contribution in [-0.2, 0) is 15.3 Å². The lowest BCUT2D eigenvalue weighted by Crippen LogP contribution is -2.47. The van der Waals surface area contributed by atoms with Gasteiger partial charge in [0.2, 0.25) is 0 Å². The van der Waals surface area contributed by atoms with Gasteiger partial charge in [0.1, 0.15) is 5.75 Å². The first-order chi connectivity index (χ1) is 9.09. The minimum absolute atomic E-state index is 0.261. The Morgan fingerprint density at radius 3 is 2.58 bits per heavy atom. The normalized spacial score (nSPS) is 27.3. The van der Waals surface area contributed by atoms with Crippen molar-refractivity contribution in [3.8, 4) is 5.75 Å². The van der Waals surface area contributed by atoms with Crippen molar-refractivity contribution in [3.63, 3.8) is 0 Å². The van der Waals surface area contributed by atoms with E-state index in [2.05, 4.69) is 11.4 Å². The maximum atomic E-state index is 5.88. The summed E-state index contributed by atoms with van der Waals surface area (Å²) in [6.45, 7) is 7.97. The number of hydrogen-bond acceptors (Lipinski definition) is 4. The van der Waals surface area contributed by atoms with Crippen LogP contribution in [0, 0.1) is 6.92 Å². The molecule has 0 saturated carbocycles. The molecule has 0 spiro atoms. The number of hydrogen-bond donors (Lipinski definition) is 1. The second kappa shape index (κ2) is 5.90. The molecule has 1 saturated heterocycles. The third-order valence-electron chi connectivity index (χ3n) is 3.53. The Kier molecular flexibility index (Phi) is 4.45. The highest BCUT2D eigenvalue weighted by atomic mass is 16.7. The van der Waals surface area contributed by atoms with Crippen LogP contribution in [0.4, 0.5) is 0 Å². The lowest BCUT2D eigenvalue weighted by atomic mass is 10.0. The second-order valence-electron chi connectivity index (χ2n) is 4.97. The van der Waals surface area contributed by atoms with Gasteiger partial charge < -0.3 is 19.5 Å². The largest absolute Gasteiger partial charge is 0.494 e. The van der Waals surface area contributed by atoms with Crippen LogP contribution >= 0.6 is 0 Å². The molecule has 0 amide bonds. The van der Waals surface area contributed by atoms with Crippen molar-refractivity contribution in [1.82, 2.24) is 5.32 Å². The molecule has 1 aliphatic heterocycles. The SMILES string of the molecule is CCOc1ccc(C2(C)OCC(NC)CO2)cc1C. The van der Waals surface area contributed by atoms with E-state index in [4.69, 9.17) is 14.2 Å². The van der Waals surface area contributed by atoms with E-state index in [1.807, 2.05) is 40.0 Å². The number of benzene rings is 1. The number of aryl methyl sites for hydroxylation is 1. The van der Waals surface area contributed by atoms with Gasteiger partial charge >= 0.3 is 0 Å². The zero-order chi connectivity index (χ0) is 13.9. The molecule has 106 valence electrons. The third-order valence-corrected chi connectivity index (χ3v) is 3.53. The van der Waals surface area contributed by atoms with Crippen molar-refractivity contribution in [1.29, 1.82) is 0 Å². The number of ether oxygens (including phenoxy) is 3. The first-order valence-corrected chi connectivity index (χ1v) is 6.78. The molecule has 1 aromatic carbocycles. The Morgan fingerprint density at radius 2 is 2.05 bits per heavy atom. The Balaban J connectivity index is 2.15. The van der Waals surface area contributed by atoms with Crippen LogP contribution in [0.3, 0.4) is 0 Å². The standard InChI is InChI=1S/C15H23NO3/c1-5-17-14-7-6-12(8-11(14)2)15(3)18-9-13(16-4)10-19-15/h6-8,13,16H,5,9-10H2,1-4H3. The summed E-state index contributed by atoms with van der Waals surface area (Å²) in [5, 5.41) is 3.16. The fourth-order valence-corrected chi connectivity index (χ4v) is 2.19. The highest BCUT2D eigenvalue weighted by Crippen LogP contribution is 2.32. The van der Waals surface area contributed by atoms with Crippen molar-refractivity contribution in [2.75, 3.05) is 26.9 Å². The Bertz CT molecular complexity index is 425. The zero-order valence-corrected chi connectivity index (χ0v) is 12.2. The summed E-state index contributed by atoms with van der Waals surface area (Å²) < 4.78 is 17.3. The second-order valence-corrected chi connectivity index (χ2v) is 4.97.